The Kier molecular flexibility index (Phi) is 5.30. The minimum absolute atomic E-state index is 0.168. The standard InChI is InChI=1S/C12H20ClN3S2/c1-3-16-10(12(13)8(2)15-16)6-9(14)11-7-17-4-5-18-11/h9,11H,3-7,14H2,1-2H3. The second-order valence-electron chi connectivity index (χ2n) is 4.51. The van der Waals surface area contributed by atoms with Crippen LogP contribution in [0.5, 0.6) is 0 Å². The third-order valence-corrected chi connectivity index (χ3v) is 6.63. The molecule has 1 aromatic heterocycles. The molecular weight excluding hydrogens is 286 g/mol. The van der Waals surface area contributed by atoms with Gasteiger partial charge in [-0.1, -0.05) is 11.6 Å². The van der Waals surface area contributed by atoms with Crippen molar-refractivity contribution in [2.75, 3.05) is 17.3 Å². The van der Waals surface area contributed by atoms with E-state index in [4.69, 9.17) is 17.3 Å². The van der Waals surface area contributed by atoms with Gasteiger partial charge in [0.05, 0.1) is 16.4 Å². The van der Waals surface area contributed by atoms with E-state index in [9.17, 15) is 0 Å². The number of halogens is 1. The molecule has 1 aliphatic heterocycles. The zero-order valence-electron chi connectivity index (χ0n) is 10.9. The van der Waals surface area contributed by atoms with Crippen molar-refractivity contribution in [3.63, 3.8) is 0 Å². The average molecular weight is 306 g/mol. The Hall–Kier alpha value is 0.160. The third kappa shape index (κ3) is 3.18. The lowest BCUT2D eigenvalue weighted by molar-refractivity contribution is 0.574. The van der Waals surface area contributed by atoms with Crippen LogP contribution in [-0.4, -0.2) is 38.3 Å². The quantitative estimate of drug-likeness (QED) is 0.928. The molecule has 0 aliphatic carbocycles. The number of nitrogens with zero attached hydrogens (tertiary/aromatic N) is 2. The number of rotatable bonds is 4. The Morgan fingerprint density at radius 2 is 2.33 bits per heavy atom. The van der Waals surface area contributed by atoms with Gasteiger partial charge in [-0.25, -0.2) is 0 Å². The summed E-state index contributed by atoms with van der Waals surface area (Å²) in [5.74, 6) is 3.62. The summed E-state index contributed by atoms with van der Waals surface area (Å²) in [6.45, 7) is 4.89. The number of hydrogen-bond donors (Lipinski definition) is 1. The van der Waals surface area contributed by atoms with Gasteiger partial charge in [0.15, 0.2) is 0 Å². The molecule has 2 heterocycles. The van der Waals surface area contributed by atoms with Crippen LogP contribution in [0.1, 0.15) is 18.3 Å². The summed E-state index contributed by atoms with van der Waals surface area (Å²) in [6, 6.07) is 0.168. The minimum Gasteiger partial charge on any atom is -0.326 e. The normalized spacial score (nSPS) is 22.1. The summed E-state index contributed by atoms with van der Waals surface area (Å²) >= 11 is 10.3. The summed E-state index contributed by atoms with van der Waals surface area (Å²) < 4.78 is 1.98. The molecule has 0 spiro atoms. The summed E-state index contributed by atoms with van der Waals surface area (Å²) in [6.07, 6.45) is 0.825. The lowest BCUT2D eigenvalue weighted by atomic mass is 10.1. The lowest BCUT2D eigenvalue weighted by Gasteiger charge is -2.26. The molecule has 18 heavy (non-hydrogen) atoms. The monoisotopic (exact) mass is 305 g/mol. The van der Waals surface area contributed by atoms with Crippen molar-refractivity contribution in [3.8, 4) is 0 Å². The number of thioether (sulfide) groups is 2. The van der Waals surface area contributed by atoms with Gasteiger partial charge in [-0.3, -0.25) is 4.68 Å². The van der Waals surface area contributed by atoms with Crippen molar-refractivity contribution in [3.05, 3.63) is 16.4 Å². The van der Waals surface area contributed by atoms with E-state index in [0.717, 1.165) is 35.1 Å². The zero-order chi connectivity index (χ0) is 13.1. The number of aryl methyl sites for hydroxylation is 2. The molecule has 0 radical (unpaired) electrons. The molecule has 2 rings (SSSR count). The van der Waals surface area contributed by atoms with E-state index in [1.54, 1.807) is 0 Å². The van der Waals surface area contributed by atoms with Crippen LogP contribution in [0, 0.1) is 6.92 Å². The van der Waals surface area contributed by atoms with E-state index in [1.807, 2.05) is 35.1 Å². The van der Waals surface area contributed by atoms with Gasteiger partial charge < -0.3 is 5.73 Å². The summed E-state index contributed by atoms with van der Waals surface area (Å²) in [5.41, 5.74) is 8.35. The van der Waals surface area contributed by atoms with E-state index in [0.29, 0.717) is 5.25 Å². The average Bonchev–Trinajstić information content (AvgIpc) is 2.67. The zero-order valence-corrected chi connectivity index (χ0v) is 13.2. The van der Waals surface area contributed by atoms with Gasteiger partial charge in [-0.15, -0.1) is 0 Å². The first-order valence-electron chi connectivity index (χ1n) is 6.30. The van der Waals surface area contributed by atoms with Crippen LogP contribution in [0.2, 0.25) is 5.02 Å². The Balaban J connectivity index is 2.08. The Morgan fingerprint density at radius 1 is 1.56 bits per heavy atom. The number of nitrogens with two attached hydrogens (primary N) is 1. The van der Waals surface area contributed by atoms with E-state index >= 15 is 0 Å². The van der Waals surface area contributed by atoms with Gasteiger partial charge in [-0.2, -0.15) is 28.6 Å². The summed E-state index contributed by atoms with van der Waals surface area (Å²) in [4.78, 5) is 0. The molecule has 1 saturated heterocycles. The van der Waals surface area contributed by atoms with E-state index in [-0.39, 0.29) is 6.04 Å². The first kappa shape index (κ1) is 14.6. The van der Waals surface area contributed by atoms with E-state index in [2.05, 4.69) is 12.0 Å². The Morgan fingerprint density at radius 3 is 2.94 bits per heavy atom. The summed E-state index contributed by atoms with van der Waals surface area (Å²) in [7, 11) is 0. The molecule has 1 fully saturated rings. The second-order valence-corrected chi connectivity index (χ2v) is 7.39. The molecule has 2 unspecified atom stereocenters. The lowest BCUT2D eigenvalue weighted by Crippen LogP contribution is -2.38. The Labute approximate surface area is 122 Å². The molecule has 0 saturated carbocycles. The highest BCUT2D eigenvalue weighted by Crippen LogP contribution is 2.29. The van der Waals surface area contributed by atoms with Gasteiger partial charge in [0.2, 0.25) is 0 Å². The minimum atomic E-state index is 0.168. The van der Waals surface area contributed by atoms with Gasteiger partial charge in [0.25, 0.3) is 0 Å². The van der Waals surface area contributed by atoms with Crippen molar-refractivity contribution >= 4 is 35.1 Å². The van der Waals surface area contributed by atoms with Crippen LogP contribution in [0.25, 0.3) is 0 Å². The highest BCUT2D eigenvalue weighted by Gasteiger charge is 2.24. The highest BCUT2D eigenvalue weighted by molar-refractivity contribution is 8.06. The maximum atomic E-state index is 6.35. The molecule has 0 bridgehead atoms. The van der Waals surface area contributed by atoms with Crippen LogP contribution in [0.4, 0.5) is 0 Å². The molecule has 2 atom stereocenters. The van der Waals surface area contributed by atoms with Gasteiger partial charge >= 0.3 is 0 Å². The topological polar surface area (TPSA) is 43.8 Å². The van der Waals surface area contributed by atoms with Crippen molar-refractivity contribution < 1.29 is 0 Å². The number of hydrogen-bond acceptors (Lipinski definition) is 4. The van der Waals surface area contributed by atoms with E-state index < -0.39 is 0 Å². The van der Waals surface area contributed by atoms with Crippen molar-refractivity contribution in [2.45, 2.75) is 38.1 Å². The van der Waals surface area contributed by atoms with Gasteiger partial charge in [0, 0.05) is 41.5 Å². The van der Waals surface area contributed by atoms with Crippen LogP contribution >= 0.6 is 35.1 Å². The molecule has 3 nitrogen and oxygen atoms in total. The molecule has 0 amide bonds. The van der Waals surface area contributed by atoms with Crippen molar-refractivity contribution in [1.29, 1.82) is 0 Å². The first-order valence-corrected chi connectivity index (χ1v) is 8.88. The fourth-order valence-corrected chi connectivity index (χ4v) is 5.21. The first-order chi connectivity index (χ1) is 8.63. The largest absolute Gasteiger partial charge is 0.326 e. The van der Waals surface area contributed by atoms with Crippen LogP contribution in [0.15, 0.2) is 0 Å². The predicted octanol–water partition coefficient (Wildman–Crippen LogP) is 2.58. The van der Waals surface area contributed by atoms with Crippen molar-refractivity contribution in [1.82, 2.24) is 9.78 Å². The van der Waals surface area contributed by atoms with E-state index in [1.165, 1.54) is 11.5 Å². The molecule has 2 N–H and O–H groups in total. The summed E-state index contributed by atoms with van der Waals surface area (Å²) in [5, 5.41) is 5.78. The predicted molar refractivity (Wildman–Crippen MR) is 82.9 cm³/mol. The smallest absolute Gasteiger partial charge is 0.0847 e. The van der Waals surface area contributed by atoms with Crippen LogP contribution < -0.4 is 5.73 Å². The van der Waals surface area contributed by atoms with Crippen LogP contribution in [0.3, 0.4) is 0 Å². The third-order valence-electron chi connectivity index (χ3n) is 3.20. The molecule has 1 aromatic rings. The maximum absolute atomic E-state index is 6.35. The van der Waals surface area contributed by atoms with Crippen molar-refractivity contribution in [2.24, 2.45) is 5.73 Å². The molecule has 0 aromatic carbocycles. The van der Waals surface area contributed by atoms with Crippen LogP contribution in [-0.2, 0) is 13.0 Å². The molecule has 102 valence electrons. The van der Waals surface area contributed by atoms with Gasteiger partial charge in [-0.05, 0) is 13.8 Å². The second kappa shape index (κ2) is 6.55. The Bertz CT molecular complexity index is 402. The fourth-order valence-electron chi connectivity index (χ4n) is 2.17. The molecule has 6 heteroatoms. The van der Waals surface area contributed by atoms with Gasteiger partial charge in [0.1, 0.15) is 0 Å². The molecular formula is C12H20ClN3S2. The SMILES string of the molecule is CCn1nc(C)c(Cl)c1CC(N)C1CSCCS1. The fraction of sp³-hybridized carbons (Fsp3) is 0.750. The maximum Gasteiger partial charge on any atom is 0.0847 e. The number of aromatic nitrogens is 2. The highest BCUT2D eigenvalue weighted by atomic mass is 35.5. The molecule has 1 aliphatic rings.